The van der Waals surface area contributed by atoms with Gasteiger partial charge in [0.15, 0.2) is 5.75 Å². The minimum absolute atomic E-state index is 0.128. The molecule has 0 saturated carbocycles. The molecule has 11 nitrogen and oxygen atoms in total. The second kappa shape index (κ2) is 10.9. The third-order valence-corrected chi connectivity index (χ3v) is 5.16. The number of halogens is 5. The molecule has 0 fully saturated rings. The van der Waals surface area contributed by atoms with Crippen molar-refractivity contribution in [2.45, 2.75) is 12.3 Å². The summed E-state index contributed by atoms with van der Waals surface area (Å²) in [5, 5.41) is -0.393. The summed E-state index contributed by atoms with van der Waals surface area (Å²) < 4.78 is 74.4. The molecule has 3 aromatic rings. The molecule has 2 heterocycles. The number of carbonyl (C=O) groups excluding carboxylic acids is 2. The van der Waals surface area contributed by atoms with Gasteiger partial charge in [-0.15, -0.1) is 0 Å². The topological polar surface area (TPSA) is 128 Å². The second-order valence-electron chi connectivity index (χ2n) is 7.23. The van der Waals surface area contributed by atoms with E-state index in [4.69, 9.17) is 21.1 Å². The van der Waals surface area contributed by atoms with Crippen LogP contribution >= 0.6 is 11.6 Å². The van der Waals surface area contributed by atoms with Crippen LogP contribution in [0.1, 0.15) is 5.69 Å². The van der Waals surface area contributed by atoms with E-state index < -0.39 is 69.3 Å². The van der Waals surface area contributed by atoms with Gasteiger partial charge in [0.25, 0.3) is 17.5 Å². The number of nitrogens with zero attached hydrogens (tertiary/aromatic N) is 3. The summed E-state index contributed by atoms with van der Waals surface area (Å²) in [6.45, 7) is 0. The molecule has 0 aliphatic rings. The zero-order chi connectivity index (χ0) is 28.4. The zero-order valence-corrected chi connectivity index (χ0v) is 20.3. The first-order valence-corrected chi connectivity index (χ1v) is 10.5. The van der Waals surface area contributed by atoms with E-state index >= 15 is 0 Å². The van der Waals surface area contributed by atoms with Crippen LogP contribution in [-0.4, -0.2) is 46.4 Å². The summed E-state index contributed by atoms with van der Waals surface area (Å²) in [4.78, 5) is 52.8. The summed E-state index contributed by atoms with van der Waals surface area (Å²) in [7, 11) is 2.74. The maximum Gasteiger partial charge on any atom is 0.431 e. The lowest BCUT2D eigenvalue weighted by molar-refractivity contribution is -0.163. The fraction of sp³-hybridized carbons (Fsp3) is 0.227. The first-order chi connectivity index (χ1) is 17.8. The lowest BCUT2D eigenvalue weighted by Crippen LogP contribution is -2.41. The largest absolute Gasteiger partial charge is 0.466 e. The number of rotatable bonds is 7. The van der Waals surface area contributed by atoms with Gasteiger partial charge in [0.1, 0.15) is 17.3 Å². The number of methoxy groups -OCH3 is 2. The molecule has 202 valence electrons. The fourth-order valence-corrected chi connectivity index (χ4v) is 3.26. The van der Waals surface area contributed by atoms with Crippen molar-refractivity contribution in [2.24, 2.45) is 7.05 Å². The van der Waals surface area contributed by atoms with Crippen molar-refractivity contribution in [1.82, 2.24) is 14.1 Å². The number of esters is 2. The van der Waals surface area contributed by atoms with Crippen molar-refractivity contribution >= 4 is 23.5 Å². The van der Waals surface area contributed by atoms with Crippen molar-refractivity contribution in [2.75, 3.05) is 14.2 Å². The quantitative estimate of drug-likeness (QED) is 0.243. The van der Waals surface area contributed by atoms with E-state index in [1.54, 1.807) is 0 Å². The highest BCUT2D eigenvalue weighted by atomic mass is 35.5. The summed E-state index contributed by atoms with van der Waals surface area (Å²) in [6, 6.07) is 4.16. The van der Waals surface area contributed by atoms with Crippen LogP contribution < -0.4 is 20.7 Å². The van der Waals surface area contributed by atoms with E-state index in [0.29, 0.717) is 6.07 Å². The van der Waals surface area contributed by atoms with Gasteiger partial charge in [-0.3, -0.25) is 9.36 Å². The summed E-state index contributed by atoms with van der Waals surface area (Å²) in [5.74, 6) is -4.63. The van der Waals surface area contributed by atoms with Gasteiger partial charge in [0.2, 0.25) is 0 Å². The Morgan fingerprint density at radius 3 is 2.26 bits per heavy atom. The van der Waals surface area contributed by atoms with Crippen LogP contribution in [0.25, 0.3) is 5.69 Å². The van der Waals surface area contributed by atoms with Crippen molar-refractivity contribution in [3.8, 4) is 23.1 Å². The predicted octanol–water partition coefficient (Wildman–Crippen LogP) is 2.63. The van der Waals surface area contributed by atoms with E-state index in [1.807, 2.05) is 0 Å². The molecule has 1 aromatic carbocycles. The van der Waals surface area contributed by atoms with E-state index in [0.717, 1.165) is 27.3 Å². The van der Waals surface area contributed by atoms with E-state index in [2.05, 4.69) is 14.5 Å². The van der Waals surface area contributed by atoms with Gasteiger partial charge < -0.3 is 18.9 Å². The Labute approximate surface area is 214 Å². The van der Waals surface area contributed by atoms with E-state index in [-0.39, 0.29) is 21.0 Å². The average Bonchev–Trinajstić information content (AvgIpc) is 2.86. The van der Waals surface area contributed by atoms with Crippen LogP contribution in [0.15, 0.2) is 46.1 Å². The monoisotopic (exact) mass is 561 g/mol. The molecule has 0 saturated heterocycles. The second-order valence-corrected chi connectivity index (χ2v) is 7.64. The number of ether oxygens (including phenoxy) is 4. The molecule has 0 aliphatic carbocycles. The van der Waals surface area contributed by atoms with Gasteiger partial charge in [-0.25, -0.2) is 28.3 Å². The van der Waals surface area contributed by atoms with Crippen LogP contribution in [0.2, 0.25) is 5.02 Å². The number of carbonyl (C=O) groups is 2. The maximum atomic E-state index is 14.8. The van der Waals surface area contributed by atoms with Crippen molar-refractivity contribution < 1.29 is 46.1 Å². The van der Waals surface area contributed by atoms with Crippen LogP contribution in [0.5, 0.6) is 17.4 Å². The Kier molecular flexibility index (Phi) is 8.10. The van der Waals surface area contributed by atoms with Gasteiger partial charge in [-0.05, 0) is 18.2 Å². The molecular formula is C22H16ClF4N3O8. The number of benzene rings is 1. The minimum Gasteiger partial charge on any atom is -0.466 e. The van der Waals surface area contributed by atoms with Crippen LogP contribution in [0, 0.1) is 5.82 Å². The molecule has 0 aliphatic heterocycles. The number of hydrogen-bond donors (Lipinski definition) is 0. The van der Waals surface area contributed by atoms with Gasteiger partial charge in [-0.2, -0.15) is 13.2 Å². The maximum absolute atomic E-state index is 14.8. The lowest BCUT2D eigenvalue weighted by Gasteiger charge is -2.17. The number of pyridine rings is 1. The molecule has 0 unspecified atom stereocenters. The first-order valence-electron chi connectivity index (χ1n) is 10.1. The van der Waals surface area contributed by atoms with Gasteiger partial charge in [0, 0.05) is 25.4 Å². The highest BCUT2D eigenvalue weighted by Crippen LogP contribution is 2.36. The van der Waals surface area contributed by atoms with E-state index in [1.165, 1.54) is 18.3 Å². The standard InChI is InChI=1S/C22H16ClF4N3O8/c1-29-15(22(25,26)27)9-16(31)30(21(29)34)12-8-14(10(23)7-11(12)24)37-13-5-4-6-28-18(13)38-17(19(32)35-2)20(33)36-3/h4-9,17H,1-3H3. The summed E-state index contributed by atoms with van der Waals surface area (Å²) in [6.07, 6.45) is -5.73. The smallest absolute Gasteiger partial charge is 0.431 e. The van der Waals surface area contributed by atoms with Gasteiger partial charge in [0.05, 0.1) is 24.9 Å². The molecule has 0 amide bonds. The highest BCUT2D eigenvalue weighted by molar-refractivity contribution is 6.32. The molecule has 0 bridgehead atoms. The number of hydrogen-bond acceptors (Lipinski definition) is 9. The Morgan fingerprint density at radius 1 is 1.05 bits per heavy atom. The number of aromatic nitrogens is 3. The fourth-order valence-electron chi connectivity index (χ4n) is 3.07. The van der Waals surface area contributed by atoms with Crippen molar-refractivity contribution in [1.29, 1.82) is 0 Å². The lowest BCUT2D eigenvalue weighted by atomic mass is 10.2. The van der Waals surface area contributed by atoms with E-state index in [9.17, 15) is 36.7 Å². The van der Waals surface area contributed by atoms with Crippen molar-refractivity contribution in [3.05, 3.63) is 73.9 Å². The Balaban J connectivity index is 2.10. The third kappa shape index (κ3) is 5.61. The molecule has 0 atom stereocenters. The highest BCUT2D eigenvalue weighted by Gasteiger charge is 2.35. The van der Waals surface area contributed by atoms with Gasteiger partial charge in [-0.1, -0.05) is 11.6 Å². The minimum atomic E-state index is -5.03. The third-order valence-electron chi connectivity index (χ3n) is 4.87. The molecule has 2 aromatic heterocycles. The molecular weight excluding hydrogens is 546 g/mol. The molecule has 0 N–H and O–H groups in total. The molecule has 38 heavy (non-hydrogen) atoms. The molecule has 16 heteroatoms. The normalized spacial score (nSPS) is 11.3. The predicted molar refractivity (Wildman–Crippen MR) is 120 cm³/mol. The summed E-state index contributed by atoms with van der Waals surface area (Å²) >= 11 is 6.04. The Morgan fingerprint density at radius 2 is 1.68 bits per heavy atom. The van der Waals surface area contributed by atoms with Crippen LogP contribution in [-0.2, 0) is 32.3 Å². The van der Waals surface area contributed by atoms with Gasteiger partial charge >= 0.3 is 23.8 Å². The molecule has 0 spiro atoms. The average molecular weight is 562 g/mol. The van der Waals surface area contributed by atoms with Crippen molar-refractivity contribution in [3.63, 3.8) is 0 Å². The number of alkyl halides is 3. The SMILES string of the molecule is COC(=O)C(Oc1ncccc1Oc1cc(-n2c(=O)cc(C(F)(F)F)n(C)c2=O)c(F)cc1Cl)C(=O)OC. The molecule has 3 rings (SSSR count). The first kappa shape index (κ1) is 28.2. The summed E-state index contributed by atoms with van der Waals surface area (Å²) in [5.41, 5.74) is -5.30. The Bertz CT molecular complexity index is 1500. The Hall–Kier alpha value is -4.40. The van der Waals surface area contributed by atoms with Crippen LogP contribution in [0.3, 0.4) is 0 Å². The van der Waals surface area contributed by atoms with Crippen LogP contribution in [0.4, 0.5) is 17.6 Å². The zero-order valence-electron chi connectivity index (χ0n) is 19.5. The molecule has 0 radical (unpaired) electrons.